The smallest absolute Gasteiger partial charge is 0.417 e. The first-order chi connectivity index (χ1) is 14.9. The van der Waals surface area contributed by atoms with Crippen molar-refractivity contribution in [1.82, 2.24) is 14.9 Å². The Morgan fingerprint density at radius 3 is 2.52 bits per heavy atom. The van der Waals surface area contributed by atoms with E-state index in [0.29, 0.717) is 24.8 Å². The van der Waals surface area contributed by atoms with Crippen LogP contribution in [0.3, 0.4) is 0 Å². The molecule has 3 heterocycles. The number of ether oxygens (including phenoxy) is 1. The zero-order chi connectivity index (χ0) is 21.8. The van der Waals surface area contributed by atoms with Gasteiger partial charge in [-0.3, -0.25) is 4.90 Å². The quantitative estimate of drug-likeness (QED) is 0.593. The number of alkyl halides is 3. The molecule has 4 rings (SSSR count). The van der Waals surface area contributed by atoms with E-state index in [1.54, 1.807) is 13.4 Å². The van der Waals surface area contributed by atoms with Crippen LogP contribution in [0.4, 0.5) is 19.0 Å². The molecular weight excluding hydrogens is 409 g/mol. The predicted molar refractivity (Wildman–Crippen MR) is 110 cm³/mol. The van der Waals surface area contributed by atoms with Gasteiger partial charge < -0.3 is 14.1 Å². The van der Waals surface area contributed by atoms with E-state index in [1.807, 2.05) is 29.2 Å². The molecule has 0 aliphatic carbocycles. The molecule has 0 spiro atoms. The summed E-state index contributed by atoms with van der Waals surface area (Å²) in [7, 11) is 1.62. The predicted octanol–water partition coefficient (Wildman–Crippen LogP) is 4.48. The molecular formula is C22H23F3N4O2. The van der Waals surface area contributed by atoms with Crippen LogP contribution in [-0.2, 0) is 12.7 Å². The maximum atomic E-state index is 12.7. The molecule has 0 unspecified atom stereocenters. The number of aromatic nitrogens is 2. The van der Waals surface area contributed by atoms with Crippen molar-refractivity contribution in [3.8, 4) is 17.2 Å². The van der Waals surface area contributed by atoms with Gasteiger partial charge in [-0.25, -0.2) is 9.97 Å². The van der Waals surface area contributed by atoms with Gasteiger partial charge in [-0.15, -0.1) is 0 Å². The first kappa shape index (κ1) is 21.2. The Bertz CT molecular complexity index is 987. The Morgan fingerprint density at radius 1 is 1.03 bits per heavy atom. The minimum atomic E-state index is -4.37. The highest BCUT2D eigenvalue weighted by Crippen LogP contribution is 2.29. The van der Waals surface area contributed by atoms with Crippen LogP contribution in [0.5, 0.6) is 5.75 Å². The van der Waals surface area contributed by atoms with Crippen LogP contribution in [0.15, 0.2) is 53.3 Å². The largest absolute Gasteiger partial charge is 0.497 e. The Balaban J connectivity index is 1.35. The van der Waals surface area contributed by atoms with Gasteiger partial charge in [-0.05, 0) is 42.8 Å². The van der Waals surface area contributed by atoms with E-state index < -0.39 is 11.7 Å². The minimum absolute atomic E-state index is 0.558. The van der Waals surface area contributed by atoms with Crippen molar-refractivity contribution in [3.05, 3.63) is 60.1 Å². The van der Waals surface area contributed by atoms with Crippen LogP contribution in [0.2, 0.25) is 0 Å². The Hall–Kier alpha value is -3.07. The zero-order valence-electron chi connectivity index (χ0n) is 17.1. The molecule has 0 bridgehead atoms. The SMILES string of the molecule is COc1ccc(-c2nc(CN3CCCN(c4ccc(C(F)(F)F)cn4)CC3)co2)cc1. The van der Waals surface area contributed by atoms with Gasteiger partial charge in [0.2, 0.25) is 5.89 Å². The fourth-order valence-corrected chi connectivity index (χ4v) is 3.57. The molecule has 1 fully saturated rings. The van der Waals surface area contributed by atoms with Crippen molar-refractivity contribution in [2.45, 2.75) is 19.1 Å². The highest BCUT2D eigenvalue weighted by Gasteiger charge is 2.31. The van der Waals surface area contributed by atoms with Crippen molar-refractivity contribution in [2.24, 2.45) is 0 Å². The number of hydrogen-bond acceptors (Lipinski definition) is 6. The molecule has 31 heavy (non-hydrogen) atoms. The third-order valence-corrected chi connectivity index (χ3v) is 5.26. The number of methoxy groups -OCH3 is 1. The summed E-state index contributed by atoms with van der Waals surface area (Å²) in [4.78, 5) is 12.9. The van der Waals surface area contributed by atoms with Crippen LogP contribution in [0.25, 0.3) is 11.5 Å². The molecule has 0 radical (unpaired) electrons. The van der Waals surface area contributed by atoms with E-state index in [4.69, 9.17) is 9.15 Å². The van der Waals surface area contributed by atoms with Gasteiger partial charge >= 0.3 is 6.18 Å². The first-order valence-corrected chi connectivity index (χ1v) is 10.0. The molecule has 1 aromatic carbocycles. The van der Waals surface area contributed by atoms with E-state index in [-0.39, 0.29) is 0 Å². The second kappa shape index (κ2) is 8.97. The summed E-state index contributed by atoms with van der Waals surface area (Å²) in [6.45, 7) is 3.69. The normalized spacial score (nSPS) is 15.7. The summed E-state index contributed by atoms with van der Waals surface area (Å²) in [5.41, 5.74) is 0.987. The summed E-state index contributed by atoms with van der Waals surface area (Å²) in [5.74, 6) is 1.90. The number of anilines is 1. The lowest BCUT2D eigenvalue weighted by Gasteiger charge is -2.22. The molecule has 1 aliphatic rings. The number of nitrogens with zero attached hydrogens (tertiary/aromatic N) is 4. The van der Waals surface area contributed by atoms with Crippen molar-refractivity contribution in [2.75, 3.05) is 38.2 Å². The van der Waals surface area contributed by atoms with E-state index in [1.165, 1.54) is 6.07 Å². The third kappa shape index (κ3) is 5.16. The molecule has 0 N–H and O–H groups in total. The van der Waals surface area contributed by atoms with Gasteiger partial charge in [0.15, 0.2) is 0 Å². The fraction of sp³-hybridized carbons (Fsp3) is 0.364. The molecule has 9 heteroatoms. The van der Waals surface area contributed by atoms with Crippen LogP contribution in [0, 0.1) is 0 Å². The highest BCUT2D eigenvalue weighted by molar-refractivity contribution is 5.54. The second-order valence-electron chi connectivity index (χ2n) is 7.39. The Kier molecular flexibility index (Phi) is 6.13. The zero-order valence-corrected chi connectivity index (χ0v) is 17.1. The topological polar surface area (TPSA) is 54.6 Å². The number of benzene rings is 1. The summed E-state index contributed by atoms with van der Waals surface area (Å²) < 4.78 is 49.1. The maximum Gasteiger partial charge on any atom is 0.417 e. The number of hydrogen-bond donors (Lipinski definition) is 0. The lowest BCUT2D eigenvalue weighted by Crippen LogP contribution is -2.31. The third-order valence-electron chi connectivity index (χ3n) is 5.26. The van der Waals surface area contributed by atoms with E-state index in [0.717, 1.165) is 55.3 Å². The van der Waals surface area contributed by atoms with Crippen molar-refractivity contribution in [3.63, 3.8) is 0 Å². The number of pyridine rings is 1. The minimum Gasteiger partial charge on any atom is -0.497 e. The summed E-state index contributed by atoms with van der Waals surface area (Å²) >= 11 is 0. The molecule has 3 aromatic rings. The second-order valence-corrected chi connectivity index (χ2v) is 7.39. The van der Waals surface area contributed by atoms with Gasteiger partial charge in [-0.1, -0.05) is 0 Å². The number of halogens is 3. The summed E-state index contributed by atoms with van der Waals surface area (Å²) in [6.07, 6.45) is -0.928. The Labute approximate surface area is 178 Å². The average molecular weight is 432 g/mol. The van der Waals surface area contributed by atoms with E-state index in [9.17, 15) is 13.2 Å². The average Bonchev–Trinajstić information content (AvgIpc) is 3.11. The van der Waals surface area contributed by atoms with Crippen molar-refractivity contribution < 1.29 is 22.3 Å². The van der Waals surface area contributed by atoms with Gasteiger partial charge in [0, 0.05) is 44.5 Å². The molecule has 1 saturated heterocycles. The molecule has 0 amide bonds. The fourth-order valence-electron chi connectivity index (χ4n) is 3.57. The summed E-state index contributed by atoms with van der Waals surface area (Å²) in [6, 6.07) is 10.0. The molecule has 164 valence electrons. The van der Waals surface area contributed by atoms with E-state index in [2.05, 4.69) is 14.9 Å². The highest BCUT2D eigenvalue weighted by atomic mass is 19.4. The first-order valence-electron chi connectivity index (χ1n) is 10.0. The standard InChI is InChI=1S/C22H23F3N4O2/c1-30-19-6-3-16(4-7-19)21-27-18(15-31-21)14-28-9-2-10-29(12-11-28)20-8-5-17(13-26-20)22(23,24)25/h3-8,13,15H,2,9-12,14H2,1H3. The van der Waals surface area contributed by atoms with Crippen LogP contribution in [0.1, 0.15) is 17.7 Å². The van der Waals surface area contributed by atoms with E-state index >= 15 is 0 Å². The lowest BCUT2D eigenvalue weighted by atomic mass is 10.2. The van der Waals surface area contributed by atoms with Crippen LogP contribution in [-0.4, -0.2) is 48.2 Å². The monoisotopic (exact) mass is 432 g/mol. The molecule has 0 saturated carbocycles. The summed E-state index contributed by atoms with van der Waals surface area (Å²) in [5, 5.41) is 0. The van der Waals surface area contributed by atoms with Crippen LogP contribution < -0.4 is 9.64 Å². The number of rotatable bonds is 5. The van der Waals surface area contributed by atoms with Crippen molar-refractivity contribution >= 4 is 5.82 Å². The Morgan fingerprint density at radius 2 is 1.84 bits per heavy atom. The van der Waals surface area contributed by atoms with Gasteiger partial charge in [0.05, 0.1) is 18.4 Å². The molecule has 1 aliphatic heterocycles. The van der Waals surface area contributed by atoms with Crippen molar-refractivity contribution in [1.29, 1.82) is 0 Å². The maximum absolute atomic E-state index is 12.7. The van der Waals surface area contributed by atoms with Crippen LogP contribution >= 0.6 is 0 Å². The molecule has 2 aromatic heterocycles. The molecule has 6 nitrogen and oxygen atoms in total. The molecule has 0 atom stereocenters. The van der Waals surface area contributed by atoms with Gasteiger partial charge in [-0.2, -0.15) is 13.2 Å². The number of oxazole rings is 1. The lowest BCUT2D eigenvalue weighted by molar-refractivity contribution is -0.137. The van der Waals surface area contributed by atoms with Gasteiger partial charge in [0.1, 0.15) is 17.8 Å². The van der Waals surface area contributed by atoms with Gasteiger partial charge in [0.25, 0.3) is 0 Å².